The van der Waals surface area contributed by atoms with Crippen LogP contribution in [0.2, 0.25) is 0 Å². The minimum atomic E-state index is 0.661. The summed E-state index contributed by atoms with van der Waals surface area (Å²) in [7, 11) is 0. The van der Waals surface area contributed by atoms with Crippen LogP contribution in [0.15, 0.2) is 25.3 Å². The van der Waals surface area contributed by atoms with Crippen LogP contribution in [-0.2, 0) is 4.74 Å². The summed E-state index contributed by atoms with van der Waals surface area (Å²) in [6.07, 6.45) is 10.0. The Kier molecular flexibility index (Phi) is 1.78. The van der Waals surface area contributed by atoms with Crippen LogP contribution in [0, 0.1) is 47.3 Å². The predicted octanol–water partition coefficient (Wildman–Crippen LogP) is 3.28. The molecule has 5 aliphatic rings. The number of epoxide rings is 1. The van der Waals surface area contributed by atoms with Gasteiger partial charge in [0.1, 0.15) is 0 Å². The summed E-state index contributed by atoms with van der Waals surface area (Å²) in [5, 5.41) is 0. The fraction of sp³-hybridized carbons (Fsp3) is 0.765. The molecule has 2 bridgehead atoms. The van der Waals surface area contributed by atoms with E-state index in [1.165, 1.54) is 19.3 Å². The number of allylic oxidation sites excluding steroid dienone is 2. The number of fused-ring (bicyclic) bond motifs is 10. The molecule has 0 amide bonds. The van der Waals surface area contributed by atoms with Gasteiger partial charge in [-0.2, -0.15) is 0 Å². The molecule has 1 aliphatic heterocycles. The second-order valence-electron chi connectivity index (χ2n) is 7.37. The van der Waals surface area contributed by atoms with Gasteiger partial charge >= 0.3 is 0 Å². The summed E-state index contributed by atoms with van der Waals surface area (Å²) in [5.41, 5.74) is 0. The summed E-state index contributed by atoms with van der Waals surface area (Å²) < 4.78 is 5.84. The summed E-state index contributed by atoms with van der Waals surface area (Å²) in [6, 6.07) is 0. The van der Waals surface area contributed by atoms with Gasteiger partial charge in [-0.1, -0.05) is 12.2 Å². The summed E-state index contributed by atoms with van der Waals surface area (Å²) >= 11 is 0. The molecular formula is C17H22O. The van der Waals surface area contributed by atoms with Crippen molar-refractivity contribution in [1.82, 2.24) is 0 Å². The highest BCUT2D eigenvalue weighted by molar-refractivity contribution is 5.21. The second-order valence-corrected chi connectivity index (χ2v) is 7.37. The van der Waals surface area contributed by atoms with E-state index in [1.807, 2.05) is 0 Å². The van der Waals surface area contributed by atoms with E-state index in [-0.39, 0.29) is 0 Å². The van der Waals surface area contributed by atoms with Gasteiger partial charge in [0.25, 0.3) is 0 Å². The van der Waals surface area contributed by atoms with Crippen molar-refractivity contribution in [2.75, 3.05) is 0 Å². The largest absolute Gasteiger partial charge is 0.369 e. The second kappa shape index (κ2) is 3.12. The van der Waals surface area contributed by atoms with Crippen LogP contribution < -0.4 is 0 Å². The van der Waals surface area contributed by atoms with E-state index in [0.29, 0.717) is 12.2 Å². The molecule has 1 heterocycles. The summed E-state index contributed by atoms with van der Waals surface area (Å²) in [5.74, 6) is 7.26. The molecule has 5 fully saturated rings. The van der Waals surface area contributed by atoms with E-state index in [1.54, 1.807) is 0 Å². The van der Waals surface area contributed by atoms with Crippen LogP contribution in [0.1, 0.15) is 19.3 Å². The predicted molar refractivity (Wildman–Crippen MR) is 70.8 cm³/mol. The van der Waals surface area contributed by atoms with E-state index in [0.717, 1.165) is 47.3 Å². The molecule has 4 aliphatic carbocycles. The smallest absolute Gasteiger partial charge is 0.0875 e. The molecule has 1 nitrogen and oxygen atoms in total. The third kappa shape index (κ3) is 0.976. The minimum Gasteiger partial charge on any atom is -0.369 e. The lowest BCUT2D eigenvalue weighted by atomic mass is 9.67. The van der Waals surface area contributed by atoms with Crippen LogP contribution in [0.4, 0.5) is 0 Å². The molecule has 96 valence electrons. The molecular weight excluding hydrogens is 220 g/mol. The maximum atomic E-state index is 5.84. The molecule has 1 heteroatoms. The highest BCUT2D eigenvalue weighted by atomic mass is 16.6. The first kappa shape index (κ1) is 10.3. The van der Waals surface area contributed by atoms with Gasteiger partial charge in [-0.3, -0.25) is 0 Å². The highest BCUT2D eigenvalue weighted by Crippen LogP contribution is 2.72. The molecule has 0 spiro atoms. The van der Waals surface area contributed by atoms with Gasteiger partial charge in [0, 0.05) is 0 Å². The van der Waals surface area contributed by atoms with Crippen molar-refractivity contribution in [3.8, 4) is 0 Å². The molecule has 18 heavy (non-hydrogen) atoms. The summed E-state index contributed by atoms with van der Waals surface area (Å²) in [6.45, 7) is 8.21. The van der Waals surface area contributed by atoms with Crippen molar-refractivity contribution in [3.05, 3.63) is 25.3 Å². The molecule has 5 rings (SSSR count). The Morgan fingerprint density at radius 3 is 2.17 bits per heavy atom. The van der Waals surface area contributed by atoms with Gasteiger partial charge in [-0.25, -0.2) is 0 Å². The van der Waals surface area contributed by atoms with Gasteiger partial charge in [0.15, 0.2) is 0 Å². The molecule has 10 unspecified atom stereocenters. The van der Waals surface area contributed by atoms with Crippen molar-refractivity contribution < 1.29 is 4.74 Å². The quantitative estimate of drug-likeness (QED) is 0.535. The fourth-order valence-electron chi connectivity index (χ4n) is 6.79. The van der Waals surface area contributed by atoms with Gasteiger partial charge < -0.3 is 4.74 Å². The Hall–Kier alpha value is -0.560. The molecule has 0 N–H and O–H groups in total. The number of ether oxygens (including phenoxy) is 1. The van der Waals surface area contributed by atoms with Crippen molar-refractivity contribution >= 4 is 0 Å². The van der Waals surface area contributed by atoms with E-state index in [9.17, 15) is 0 Å². The molecule has 10 atom stereocenters. The van der Waals surface area contributed by atoms with Gasteiger partial charge in [-0.05, 0) is 66.6 Å². The monoisotopic (exact) mass is 242 g/mol. The first-order valence-corrected chi connectivity index (χ1v) is 7.74. The Balaban J connectivity index is 1.55. The maximum absolute atomic E-state index is 5.84. The van der Waals surface area contributed by atoms with Crippen LogP contribution in [0.3, 0.4) is 0 Å². The average molecular weight is 242 g/mol. The molecule has 0 aromatic carbocycles. The van der Waals surface area contributed by atoms with Crippen LogP contribution in [-0.4, -0.2) is 12.2 Å². The summed E-state index contributed by atoms with van der Waals surface area (Å²) in [4.78, 5) is 0. The SMILES string of the molecule is C=CC1CC(C=C)C2C3CC(C4CC5OC5C43)C12. The third-order valence-electron chi connectivity index (χ3n) is 7.16. The lowest BCUT2D eigenvalue weighted by Gasteiger charge is -2.38. The lowest BCUT2D eigenvalue weighted by molar-refractivity contribution is 0.0648. The first-order valence-electron chi connectivity index (χ1n) is 7.74. The van der Waals surface area contributed by atoms with Crippen LogP contribution in [0.5, 0.6) is 0 Å². The van der Waals surface area contributed by atoms with Gasteiger partial charge in [0.05, 0.1) is 12.2 Å². The number of hydrogen-bond donors (Lipinski definition) is 0. The van der Waals surface area contributed by atoms with Gasteiger partial charge in [0.2, 0.25) is 0 Å². The average Bonchev–Trinajstić information content (AvgIpc) is 2.77. The van der Waals surface area contributed by atoms with Crippen molar-refractivity contribution in [3.63, 3.8) is 0 Å². The fourth-order valence-corrected chi connectivity index (χ4v) is 6.79. The van der Waals surface area contributed by atoms with Crippen molar-refractivity contribution in [2.24, 2.45) is 47.3 Å². The van der Waals surface area contributed by atoms with Crippen molar-refractivity contribution in [2.45, 2.75) is 31.5 Å². The number of hydrogen-bond acceptors (Lipinski definition) is 1. The van der Waals surface area contributed by atoms with E-state index < -0.39 is 0 Å². The molecule has 0 aromatic heterocycles. The van der Waals surface area contributed by atoms with Gasteiger partial charge in [-0.15, -0.1) is 13.2 Å². The Morgan fingerprint density at radius 1 is 0.778 bits per heavy atom. The Morgan fingerprint density at radius 2 is 1.44 bits per heavy atom. The lowest BCUT2D eigenvalue weighted by Crippen LogP contribution is -2.36. The topological polar surface area (TPSA) is 12.5 Å². The zero-order valence-corrected chi connectivity index (χ0v) is 10.9. The third-order valence-corrected chi connectivity index (χ3v) is 7.16. The standard InChI is InChI=1S/C17H22O/c1-3-8-5-9(4-2)15-12-6-10(14(8)15)11-7-13-17(18-13)16(11)12/h3-4,8-17H,1-2,5-7H2. The number of rotatable bonds is 2. The maximum Gasteiger partial charge on any atom is 0.0875 e. The van der Waals surface area contributed by atoms with E-state index >= 15 is 0 Å². The zero-order chi connectivity index (χ0) is 12.0. The minimum absolute atomic E-state index is 0.661. The van der Waals surface area contributed by atoms with E-state index in [4.69, 9.17) is 4.74 Å². The van der Waals surface area contributed by atoms with E-state index in [2.05, 4.69) is 25.3 Å². The van der Waals surface area contributed by atoms with Crippen LogP contribution >= 0.6 is 0 Å². The first-order chi connectivity index (χ1) is 8.83. The van der Waals surface area contributed by atoms with Crippen molar-refractivity contribution in [1.29, 1.82) is 0 Å². The molecule has 0 aromatic rings. The van der Waals surface area contributed by atoms with Crippen LogP contribution in [0.25, 0.3) is 0 Å². The Labute approximate surface area is 109 Å². The normalized spacial score (nSPS) is 66.4. The highest BCUT2D eigenvalue weighted by Gasteiger charge is 2.71. The molecule has 1 saturated heterocycles. The molecule has 0 radical (unpaired) electrons. The molecule has 4 saturated carbocycles. The zero-order valence-electron chi connectivity index (χ0n) is 10.9. The Bertz CT molecular complexity index is 427.